The molecule has 0 aliphatic heterocycles. The van der Waals surface area contributed by atoms with Gasteiger partial charge in [-0.25, -0.2) is 9.78 Å². The number of carbonyl (C=O) groups is 1. The third-order valence-electron chi connectivity index (χ3n) is 3.91. The van der Waals surface area contributed by atoms with Crippen LogP contribution in [0, 0.1) is 0 Å². The summed E-state index contributed by atoms with van der Waals surface area (Å²) in [5, 5.41) is 0. The number of ether oxygens (including phenoxy) is 2. The summed E-state index contributed by atoms with van der Waals surface area (Å²) < 4.78 is 13.2. The fourth-order valence-electron chi connectivity index (χ4n) is 2.54. The van der Waals surface area contributed by atoms with Gasteiger partial charge < -0.3 is 19.8 Å². The Morgan fingerprint density at radius 2 is 1.79 bits per heavy atom. The van der Waals surface area contributed by atoms with Gasteiger partial charge in [0.25, 0.3) is 0 Å². The van der Waals surface area contributed by atoms with Crippen molar-refractivity contribution in [3.63, 3.8) is 0 Å². The van der Waals surface area contributed by atoms with Crippen LogP contribution in [0.2, 0.25) is 0 Å². The van der Waals surface area contributed by atoms with E-state index in [9.17, 15) is 4.79 Å². The van der Waals surface area contributed by atoms with Crippen LogP contribution in [0.15, 0.2) is 61.2 Å². The maximum Gasteiger partial charge on any atom is 0.414 e. The maximum atomic E-state index is 12.3. The lowest BCUT2D eigenvalue weighted by Gasteiger charge is -2.25. The first-order chi connectivity index (χ1) is 13.2. The minimum absolute atomic E-state index is 0.455. The number of nitrogen functional groups attached to an aromatic ring is 1. The van der Waals surface area contributed by atoms with Crippen molar-refractivity contribution in [2.24, 2.45) is 0 Å². The normalized spacial score (nSPS) is 11.1. The van der Waals surface area contributed by atoms with Gasteiger partial charge in [-0.2, -0.15) is 0 Å². The second kappa shape index (κ2) is 7.64. The Bertz CT molecular complexity index is 945. The first kappa shape index (κ1) is 19.3. The molecule has 7 heteroatoms. The van der Waals surface area contributed by atoms with Crippen molar-refractivity contribution < 1.29 is 14.3 Å². The van der Waals surface area contributed by atoms with Gasteiger partial charge in [0.05, 0.1) is 17.7 Å². The topological polar surface area (TPSA) is 82.6 Å². The molecule has 0 saturated heterocycles. The van der Waals surface area contributed by atoms with E-state index in [4.69, 9.17) is 15.2 Å². The Labute approximate surface area is 164 Å². The van der Waals surface area contributed by atoms with Crippen LogP contribution in [0.25, 0.3) is 5.69 Å². The Morgan fingerprint density at radius 3 is 2.39 bits per heavy atom. The highest BCUT2D eigenvalue weighted by atomic mass is 16.6. The number of anilines is 2. The molecule has 2 aromatic carbocycles. The molecule has 28 heavy (non-hydrogen) atoms. The quantitative estimate of drug-likeness (QED) is 0.668. The zero-order chi connectivity index (χ0) is 20.3. The largest absolute Gasteiger partial charge is 0.457 e. The second-order valence-electron chi connectivity index (χ2n) is 7.33. The molecule has 0 aliphatic carbocycles. The summed E-state index contributed by atoms with van der Waals surface area (Å²) in [5.41, 5.74) is 7.40. The minimum Gasteiger partial charge on any atom is -0.457 e. The van der Waals surface area contributed by atoms with Crippen LogP contribution >= 0.6 is 0 Å². The van der Waals surface area contributed by atoms with E-state index in [2.05, 4.69) is 4.98 Å². The van der Waals surface area contributed by atoms with Gasteiger partial charge in [0, 0.05) is 31.2 Å². The number of aromatic nitrogens is 2. The monoisotopic (exact) mass is 380 g/mol. The molecular formula is C21H24N4O3. The predicted molar refractivity (Wildman–Crippen MR) is 109 cm³/mol. The molecule has 0 atom stereocenters. The number of imidazole rings is 1. The smallest absolute Gasteiger partial charge is 0.414 e. The van der Waals surface area contributed by atoms with E-state index in [1.54, 1.807) is 37.8 Å². The first-order valence-corrected chi connectivity index (χ1v) is 8.85. The van der Waals surface area contributed by atoms with Gasteiger partial charge in [-0.1, -0.05) is 0 Å². The van der Waals surface area contributed by atoms with E-state index in [1.807, 2.05) is 55.8 Å². The fourth-order valence-corrected chi connectivity index (χ4v) is 2.54. The molecule has 0 radical (unpaired) electrons. The number of nitrogens with two attached hydrogens (primary N) is 1. The van der Waals surface area contributed by atoms with Crippen LogP contribution in [-0.4, -0.2) is 28.3 Å². The number of hydrogen-bond acceptors (Lipinski definition) is 5. The highest BCUT2D eigenvalue weighted by molar-refractivity contribution is 5.91. The van der Waals surface area contributed by atoms with E-state index < -0.39 is 11.7 Å². The van der Waals surface area contributed by atoms with Crippen molar-refractivity contribution in [1.82, 2.24) is 9.55 Å². The zero-order valence-electron chi connectivity index (χ0n) is 16.4. The van der Waals surface area contributed by atoms with Crippen molar-refractivity contribution in [2.45, 2.75) is 26.4 Å². The molecule has 0 unspecified atom stereocenters. The lowest BCUT2D eigenvalue weighted by molar-refractivity contribution is 0.0589. The van der Waals surface area contributed by atoms with E-state index in [1.165, 1.54) is 4.90 Å². The molecule has 3 rings (SSSR count). The number of rotatable bonds is 4. The van der Waals surface area contributed by atoms with Gasteiger partial charge in [-0.15, -0.1) is 0 Å². The molecular weight excluding hydrogens is 356 g/mol. The van der Waals surface area contributed by atoms with Crippen LogP contribution in [0.3, 0.4) is 0 Å². The zero-order valence-corrected chi connectivity index (χ0v) is 16.4. The van der Waals surface area contributed by atoms with Crippen LogP contribution in [0.5, 0.6) is 11.5 Å². The van der Waals surface area contributed by atoms with Gasteiger partial charge in [0.1, 0.15) is 17.1 Å². The second-order valence-corrected chi connectivity index (χ2v) is 7.33. The van der Waals surface area contributed by atoms with Crippen molar-refractivity contribution in [2.75, 3.05) is 17.7 Å². The molecule has 0 fully saturated rings. The molecule has 1 amide bonds. The number of nitrogens with zero attached hydrogens (tertiary/aromatic N) is 3. The predicted octanol–water partition coefficient (Wildman–Crippen LogP) is 4.62. The number of benzene rings is 2. The van der Waals surface area contributed by atoms with Gasteiger partial charge in [0.2, 0.25) is 0 Å². The number of amides is 1. The van der Waals surface area contributed by atoms with Crippen molar-refractivity contribution in [3.05, 3.63) is 61.2 Å². The van der Waals surface area contributed by atoms with E-state index in [0.717, 1.165) is 5.69 Å². The SMILES string of the molecule is CN(C(=O)OC(C)(C)C)c1cc(Oc2ccc(-n3ccnc3)cc2)ccc1N. The molecule has 7 nitrogen and oxygen atoms in total. The number of hydrogen-bond donors (Lipinski definition) is 1. The summed E-state index contributed by atoms with van der Waals surface area (Å²) >= 11 is 0. The molecule has 0 saturated carbocycles. The summed E-state index contributed by atoms with van der Waals surface area (Å²) in [4.78, 5) is 17.7. The summed E-state index contributed by atoms with van der Waals surface area (Å²) in [7, 11) is 1.61. The Kier molecular flexibility index (Phi) is 5.26. The molecule has 3 aromatic rings. The average Bonchev–Trinajstić information content (AvgIpc) is 3.16. The average molecular weight is 380 g/mol. The van der Waals surface area contributed by atoms with Crippen molar-refractivity contribution in [1.29, 1.82) is 0 Å². The summed E-state index contributed by atoms with van der Waals surface area (Å²) in [6, 6.07) is 12.8. The van der Waals surface area contributed by atoms with Crippen molar-refractivity contribution >= 4 is 17.5 Å². The molecule has 146 valence electrons. The van der Waals surface area contributed by atoms with E-state index in [-0.39, 0.29) is 0 Å². The number of carbonyl (C=O) groups excluding carboxylic acids is 1. The lowest BCUT2D eigenvalue weighted by atomic mass is 10.2. The highest BCUT2D eigenvalue weighted by Gasteiger charge is 2.22. The molecule has 1 heterocycles. The molecule has 2 N–H and O–H groups in total. The Hall–Kier alpha value is -3.48. The fraction of sp³-hybridized carbons (Fsp3) is 0.238. The lowest BCUT2D eigenvalue weighted by Crippen LogP contribution is -2.34. The van der Waals surface area contributed by atoms with E-state index in [0.29, 0.717) is 22.9 Å². The third-order valence-corrected chi connectivity index (χ3v) is 3.91. The van der Waals surface area contributed by atoms with Crippen molar-refractivity contribution in [3.8, 4) is 17.2 Å². The van der Waals surface area contributed by atoms with E-state index >= 15 is 0 Å². The Morgan fingerprint density at radius 1 is 1.11 bits per heavy atom. The van der Waals surface area contributed by atoms with Gasteiger partial charge in [-0.3, -0.25) is 4.90 Å². The standard InChI is InChI=1S/C21H24N4O3/c1-21(2,3)28-20(26)24(4)19-13-17(9-10-18(19)22)27-16-7-5-15(6-8-16)25-12-11-23-14-25/h5-14H,22H2,1-4H3. The van der Waals surface area contributed by atoms with Crippen LogP contribution < -0.4 is 15.4 Å². The molecule has 0 aliphatic rings. The molecule has 1 aromatic heterocycles. The third kappa shape index (κ3) is 4.62. The van der Waals surface area contributed by atoms with Gasteiger partial charge >= 0.3 is 6.09 Å². The molecule has 0 bridgehead atoms. The maximum absolute atomic E-state index is 12.3. The molecule has 0 spiro atoms. The van der Waals surface area contributed by atoms with Crippen LogP contribution in [0.1, 0.15) is 20.8 Å². The van der Waals surface area contributed by atoms with Crippen LogP contribution in [-0.2, 0) is 4.74 Å². The Balaban J connectivity index is 1.76. The van der Waals surface area contributed by atoms with Gasteiger partial charge in [0.15, 0.2) is 0 Å². The first-order valence-electron chi connectivity index (χ1n) is 8.85. The minimum atomic E-state index is -0.592. The van der Waals surface area contributed by atoms with Gasteiger partial charge in [-0.05, 0) is 57.2 Å². The highest BCUT2D eigenvalue weighted by Crippen LogP contribution is 2.31. The summed E-state index contributed by atoms with van der Waals surface area (Å²) in [6.07, 6.45) is 4.84. The summed E-state index contributed by atoms with van der Waals surface area (Å²) in [6.45, 7) is 5.44. The van der Waals surface area contributed by atoms with Crippen LogP contribution in [0.4, 0.5) is 16.2 Å². The summed E-state index contributed by atoms with van der Waals surface area (Å²) in [5.74, 6) is 1.23.